The van der Waals surface area contributed by atoms with Gasteiger partial charge in [0.1, 0.15) is 5.75 Å². The predicted octanol–water partition coefficient (Wildman–Crippen LogP) is 4.57. The third-order valence-electron chi connectivity index (χ3n) is 3.73. The fraction of sp³-hybridized carbons (Fsp3) is 0.200. The summed E-state index contributed by atoms with van der Waals surface area (Å²) in [6.07, 6.45) is 2.19. The number of hydrogen-bond donors (Lipinski definition) is 1. The summed E-state index contributed by atoms with van der Waals surface area (Å²) in [6, 6.07) is 19.8. The van der Waals surface area contributed by atoms with Gasteiger partial charge in [0, 0.05) is 11.1 Å². The van der Waals surface area contributed by atoms with Crippen molar-refractivity contribution in [1.82, 2.24) is 9.97 Å². The van der Waals surface area contributed by atoms with Crippen molar-refractivity contribution in [3.8, 4) is 28.3 Å². The van der Waals surface area contributed by atoms with Crippen molar-refractivity contribution in [2.24, 2.45) is 0 Å². The van der Waals surface area contributed by atoms with Gasteiger partial charge in [0.25, 0.3) is 0 Å². The zero-order chi connectivity index (χ0) is 16.8. The molecule has 122 valence electrons. The van der Waals surface area contributed by atoms with Gasteiger partial charge in [0.15, 0.2) is 0 Å². The fourth-order valence-electron chi connectivity index (χ4n) is 2.43. The van der Waals surface area contributed by atoms with Crippen LogP contribution < -0.4 is 10.5 Å². The van der Waals surface area contributed by atoms with E-state index in [1.165, 1.54) is 0 Å². The highest BCUT2D eigenvalue weighted by atomic mass is 16.5. The van der Waals surface area contributed by atoms with Gasteiger partial charge in [0.05, 0.1) is 18.0 Å². The molecule has 0 amide bonds. The molecule has 1 aromatic heterocycles. The summed E-state index contributed by atoms with van der Waals surface area (Å²) < 4.78 is 5.70. The monoisotopic (exact) mass is 319 g/mol. The van der Waals surface area contributed by atoms with Gasteiger partial charge in [-0.25, -0.2) is 9.97 Å². The number of nitrogens with zero attached hydrogens (tertiary/aromatic N) is 2. The first-order chi connectivity index (χ1) is 11.8. The maximum Gasteiger partial charge on any atom is 0.221 e. The topological polar surface area (TPSA) is 61.0 Å². The molecule has 0 bridgehead atoms. The lowest BCUT2D eigenvalue weighted by atomic mass is 10.1. The van der Waals surface area contributed by atoms with E-state index in [4.69, 9.17) is 10.5 Å². The van der Waals surface area contributed by atoms with Crippen molar-refractivity contribution in [1.29, 1.82) is 0 Å². The summed E-state index contributed by atoms with van der Waals surface area (Å²) in [6.45, 7) is 2.89. The molecule has 0 aliphatic rings. The van der Waals surface area contributed by atoms with Crippen LogP contribution in [0.15, 0.2) is 60.7 Å². The zero-order valence-corrected chi connectivity index (χ0v) is 13.8. The molecule has 0 unspecified atom stereocenters. The molecule has 0 aliphatic carbocycles. The first kappa shape index (κ1) is 16.0. The SMILES string of the molecule is CCCCOc1ccc(-c2cc(-c3ccccc3)nc(N)n2)cc1. The summed E-state index contributed by atoms with van der Waals surface area (Å²) in [4.78, 5) is 8.70. The number of hydrogen-bond acceptors (Lipinski definition) is 4. The van der Waals surface area contributed by atoms with E-state index in [-0.39, 0.29) is 5.95 Å². The molecule has 0 saturated carbocycles. The summed E-state index contributed by atoms with van der Waals surface area (Å²) in [5.41, 5.74) is 9.54. The van der Waals surface area contributed by atoms with Gasteiger partial charge >= 0.3 is 0 Å². The minimum Gasteiger partial charge on any atom is -0.494 e. The van der Waals surface area contributed by atoms with Crippen LogP contribution in [0.4, 0.5) is 5.95 Å². The fourth-order valence-corrected chi connectivity index (χ4v) is 2.43. The Morgan fingerprint density at radius 2 is 1.50 bits per heavy atom. The summed E-state index contributed by atoms with van der Waals surface area (Å²) in [7, 11) is 0. The van der Waals surface area contributed by atoms with Crippen molar-refractivity contribution < 1.29 is 4.74 Å². The van der Waals surface area contributed by atoms with Crippen molar-refractivity contribution in [2.75, 3.05) is 12.3 Å². The molecule has 3 aromatic rings. The average molecular weight is 319 g/mol. The highest BCUT2D eigenvalue weighted by molar-refractivity contribution is 5.69. The Kier molecular flexibility index (Phi) is 5.06. The molecule has 0 radical (unpaired) electrons. The minimum atomic E-state index is 0.273. The van der Waals surface area contributed by atoms with E-state index in [1.54, 1.807) is 0 Å². The van der Waals surface area contributed by atoms with E-state index in [2.05, 4.69) is 16.9 Å². The Hall–Kier alpha value is -2.88. The van der Waals surface area contributed by atoms with E-state index < -0.39 is 0 Å². The second kappa shape index (κ2) is 7.59. The normalized spacial score (nSPS) is 10.5. The summed E-state index contributed by atoms with van der Waals surface area (Å²) in [5, 5.41) is 0. The molecular formula is C20H21N3O. The van der Waals surface area contributed by atoms with Gasteiger partial charge in [-0.1, -0.05) is 43.7 Å². The summed E-state index contributed by atoms with van der Waals surface area (Å²) in [5.74, 6) is 1.15. The van der Waals surface area contributed by atoms with Gasteiger partial charge in [-0.05, 0) is 36.8 Å². The second-order valence-electron chi connectivity index (χ2n) is 5.59. The van der Waals surface area contributed by atoms with Crippen LogP contribution >= 0.6 is 0 Å². The number of aromatic nitrogens is 2. The first-order valence-electron chi connectivity index (χ1n) is 8.19. The Labute approximate surface area is 142 Å². The van der Waals surface area contributed by atoms with Crippen LogP contribution in [-0.2, 0) is 0 Å². The lowest BCUT2D eigenvalue weighted by Crippen LogP contribution is -1.99. The van der Waals surface area contributed by atoms with Gasteiger partial charge in [-0.2, -0.15) is 0 Å². The zero-order valence-electron chi connectivity index (χ0n) is 13.8. The number of unbranched alkanes of at least 4 members (excludes halogenated alkanes) is 1. The number of nitrogens with two attached hydrogens (primary N) is 1. The van der Waals surface area contributed by atoms with Gasteiger partial charge in [-0.15, -0.1) is 0 Å². The van der Waals surface area contributed by atoms with E-state index in [0.717, 1.165) is 47.7 Å². The van der Waals surface area contributed by atoms with Crippen molar-refractivity contribution in [3.63, 3.8) is 0 Å². The van der Waals surface area contributed by atoms with E-state index >= 15 is 0 Å². The van der Waals surface area contributed by atoms with Gasteiger partial charge in [0.2, 0.25) is 5.95 Å². The van der Waals surface area contributed by atoms with E-state index in [0.29, 0.717) is 0 Å². The second-order valence-corrected chi connectivity index (χ2v) is 5.59. The largest absolute Gasteiger partial charge is 0.494 e. The molecule has 2 aromatic carbocycles. The van der Waals surface area contributed by atoms with Gasteiger partial charge in [-0.3, -0.25) is 0 Å². The molecule has 0 spiro atoms. The Balaban J connectivity index is 1.85. The lowest BCUT2D eigenvalue weighted by molar-refractivity contribution is 0.309. The van der Waals surface area contributed by atoms with E-state index in [9.17, 15) is 0 Å². The molecule has 0 saturated heterocycles. The number of benzene rings is 2. The molecule has 24 heavy (non-hydrogen) atoms. The maximum atomic E-state index is 5.90. The molecule has 0 atom stereocenters. The molecule has 1 heterocycles. The number of rotatable bonds is 6. The van der Waals surface area contributed by atoms with Crippen LogP contribution in [0.1, 0.15) is 19.8 Å². The predicted molar refractivity (Wildman–Crippen MR) is 97.7 cm³/mol. The van der Waals surface area contributed by atoms with Gasteiger partial charge < -0.3 is 10.5 Å². The standard InChI is InChI=1S/C20H21N3O/c1-2-3-13-24-17-11-9-16(10-12-17)19-14-18(22-20(21)23-19)15-7-5-4-6-8-15/h4-12,14H,2-3,13H2,1H3,(H2,21,22,23). The number of anilines is 1. The molecular weight excluding hydrogens is 298 g/mol. The number of ether oxygens (including phenoxy) is 1. The van der Waals surface area contributed by atoms with Crippen LogP contribution in [0.5, 0.6) is 5.75 Å². The molecule has 0 fully saturated rings. The third kappa shape index (κ3) is 3.90. The molecule has 3 rings (SSSR count). The van der Waals surface area contributed by atoms with Crippen molar-refractivity contribution >= 4 is 5.95 Å². The Bertz CT molecular complexity index is 786. The smallest absolute Gasteiger partial charge is 0.221 e. The summed E-state index contributed by atoms with van der Waals surface area (Å²) >= 11 is 0. The Morgan fingerprint density at radius 3 is 2.12 bits per heavy atom. The van der Waals surface area contributed by atoms with Crippen molar-refractivity contribution in [3.05, 3.63) is 60.7 Å². The highest BCUT2D eigenvalue weighted by Gasteiger charge is 2.07. The lowest BCUT2D eigenvalue weighted by Gasteiger charge is -2.08. The first-order valence-corrected chi connectivity index (χ1v) is 8.19. The highest BCUT2D eigenvalue weighted by Crippen LogP contribution is 2.26. The maximum absolute atomic E-state index is 5.90. The third-order valence-corrected chi connectivity index (χ3v) is 3.73. The average Bonchev–Trinajstić information content (AvgIpc) is 2.63. The molecule has 0 aliphatic heterocycles. The van der Waals surface area contributed by atoms with Crippen LogP contribution in [0, 0.1) is 0 Å². The molecule has 2 N–H and O–H groups in total. The minimum absolute atomic E-state index is 0.273. The number of nitrogen functional groups attached to an aromatic ring is 1. The van der Waals surface area contributed by atoms with E-state index in [1.807, 2.05) is 60.7 Å². The van der Waals surface area contributed by atoms with Crippen LogP contribution in [0.25, 0.3) is 22.5 Å². The van der Waals surface area contributed by atoms with Crippen LogP contribution in [0.3, 0.4) is 0 Å². The van der Waals surface area contributed by atoms with Crippen molar-refractivity contribution in [2.45, 2.75) is 19.8 Å². The van der Waals surface area contributed by atoms with Crippen LogP contribution in [0.2, 0.25) is 0 Å². The quantitative estimate of drug-likeness (QED) is 0.676. The molecule has 4 heteroatoms. The Morgan fingerprint density at radius 1 is 0.875 bits per heavy atom. The van der Waals surface area contributed by atoms with Crippen LogP contribution in [-0.4, -0.2) is 16.6 Å². The molecule has 4 nitrogen and oxygen atoms in total.